The number of hydrogen-bond donors (Lipinski definition) is 3. The first-order valence-corrected chi connectivity index (χ1v) is 6.10. The minimum Gasteiger partial charge on any atom is -0.361 e. The first-order chi connectivity index (χ1) is 9.24. The van der Waals surface area contributed by atoms with E-state index in [4.69, 9.17) is 0 Å². The lowest BCUT2D eigenvalue weighted by Crippen LogP contribution is -2.27. The Kier molecular flexibility index (Phi) is 2.79. The van der Waals surface area contributed by atoms with E-state index in [-0.39, 0.29) is 0 Å². The van der Waals surface area contributed by atoms with Crippen LogP contribution in [0.15, 0.2) is 46.1 Å². The molecule has 0 aliphatic heterocycles. The Morgan fingerprint density at radius 2 is 1.89 bits per heavy atom. The molecule has 0 saturated carbocycles. The van der Waals surface area contributed by atoms with Gasteiger partial charge in [-0.3, -0.25) is 14.7 Å². The molecule has 0 amide bonds. The van der Waals surface area contributed by atoms with Gasteiger partial charge in [0.15, 0.2) is 0 Å². The number of nitrogens with one attached hydrogen (secondary N) is 3. The van der Waals surface area contributed by atoms with Crippen molar-refractivity contribution < 1.29 is 0 Å². The summed E-state index contributed by atoms with van der Waals surface area (Å²) >= 11 is 0. The monoisotopic (exact) mass is 255 g/mol. The Morgan fingerprint density at radius 1 is 1.00 bits per heavy atom. The van der Waals surface area contributed by atoms with Crippen molar-refractivity contribution in [2.24, 2.45) is 0 Å². The van der Waals surface area contributed by atoms with E-state index in [0.29, 0.717) is 6.42 Å². The minimum atomic E-state index is -0.616. The Hall–Kier alpha value is -2.56. The largest absolute Gasteiger partial charge is 0.361 e. The second-order valence-corrected chi connectivity index (χ2v) is 4.47. The average molecular weight is 255 g/mol. The molecule has 96 valence electrons. The zero-order valence-electron chi connectivity index (χ0n) is 10.2. The summed E-state index contributed by atoms with van der Waals surface area (Å²) in [6, 6.07) is 9.51. The number of fused-ring (bicyclic) bond motifs is 1. The molecule has 0 radical (unpaired) electrons. The molecule has 3 aromatic rings. The molecule has 0 saturated heterocycles. The summed E-state index contributed by atoms with van der Waals surface area (Å²) in [5, 5.41) is 6.25. The Balaban J connectivity index is 1.86. The zero-order valence-corrected chi connectivity index (χ0v) is 10.2. The standard InChI is InChI=1S/C14H13N3O2/c18-12-8-11(16-17-14(12)19)5-4-9-2-1-3-10-6-7-15-13(9)10/h1-3,6-8,15H,4-5H2,(H,16,18)(H,17,19). The van der Waals surface area contributed by atoms with E-state index < -0.39 is 11.0 Å². The number of aryl methyl sites for hydroxylation is 2. The second kappa shape index (κ2) is 4.61. The number of H-pyrrole nitrogens is 3. The summed E-state index contributed by atoms with van der Waals surface area (Å²) < 4.78 is 0. The van der Waals surface area contributed by atoms with Crippen molar-refractivity contribution in [1.29, 1.82) is 0 Å². The quantitative estimate of drug-likeness (QED) is 0.617. The molecule has 0 atom stereocenters. The maximum atomic E-state index is 11.3. The van der Waals surface area contributed by atoms with E-state index in [9.17, 15) is 9.59 Å². The third-order valence-corrected chi connectivity index (χ3v) is 3.20. The van der Waals surface area contributed by atoms with E-state index in [1.165, 1.54) is 17.0 Å². The average Bonchev–Trinajstić information content (AvgIpc) is 2.89. The number of aromatic nitrogens is 3. The highest BCUT2D eigenvalue weighted by Gasteiger charge is 2.03. The molecule has 3 N–H and O–H groups in total. The van der Waals surface area contributed by atoms with E-state index in [1.807, 2.05) is 18.3 Å². The van der Waals surface area contributed by atoms with Crippen molar-refractivity contribution in [1.82, 2.24) is 15.2 Å². The molecule has 2 heterocycles. The molecule has 5 heteroatoms. The minimum absolute atomic E-state index is 0.508. The molecule has 0 fully saturated rings. The van der Waals surface area contributed by atoms with Crippen LogP contribution in [-0.4, -0.2) is 15.2 Å². The first kappa shape index (κ1) is 11.5. The highest BCUT2D eigenvalue weighted by molar-refractivity contribution is 5.82. The molecule has 1 aromatic carbocycles. The van der Waals surface area contributed by atoms with Crippen molar-refractivity contribution in [3.05, 3.63) is 68.4 Å². The fourth-order valence-electron chi connectivity index (χ4n) is 2.22. The van der Waals surface area contributed by atoms with Crippen LogP contribution < -0.4 is 11.0 Å². The Morgan fingerprint density at radius 3 is 2.74 bits per heavy atom. The van der Waals surface area contributed by atoms with Gasteiger partial charge in [0.25, 0.3) is 0 Å². The van der Waals surface area contributed by atoms with Gasteiger partial charge in [-0.1, -0.05) is 18.2 Å². The lowest BCUT2D eigenvalue weighted by Gasteiger charge is -2.03. The molecule has 3 rings (SSSR count). The Bertz CT molecular complexity index is 826. The van der Waals surface area contributed by atoms with Crippen molar-refractivity contribution in [2.75, 3.05) is 0 Å². The van der Waals surface area contributed by atoms with Gasteiger partial charge in [-0.25, -0.2) is 0 Å². The topological polar surface area (TPSA) is 81.5 Å². The SMILES string of the molecule is O=c1cc(CCc2cccc3cc[nH]c23)[nH][nH]c1=O. The summed E-state index contributed by atoms with van der Waals surface area (Å²) in [6.07, 6.45) is 3.38. The van der Waals surface area contributed by atoms with Crippen LogP contribution in [0.25, 0.3) is 10.9 Å². The lowest BCUT2D eigenvalue weighted by molar-refractivity contribution is 0.840. The van der Waals surface area contributed by atoms with Crippen LogP contribution in [0.4, 0.5) is 0 Å². The fraction of sp³-hybridized carbons (Fsp3) is 0.143. The van der Waals surface area contributed by atoms with Crippen LogP contribution in [0.3, 0.4) is 0 Å². The van der Waals surface area contributed by atoms with Gasteiger partial charge < -0.3 is 10.1 Å². The maximum absolute atomic E-state index is 11.3. The number of rotatable bonds is 3. The maximum Gasteiger partial charge on any atom is 0.310 e. The summed E-state index contributed by atoms with van der Waals surface area (Å²) in [4.78, 5) is 25.4. The van der Waals surface area contributed by atoms with Crippen LogP contribution in [0.1, 0.15) is 11.3 Å². The van der Waals surface area contributed by atoms with Crippen LogP contribution in [0, 0.1) is 0 Å². The highest BCUT2D eigenvalue weighted by atomic mass is 16.2. The van der Waals surface area contributed by atoms with Crippen LogP contribution in [-0.2, 0) is 12.8 Å². The van der Waals surface area contributed by atoms with Gasteiger partial charge in [-0.2, -0.15) is 0 Å². The second-order valence-electron chi connectivity index (χ2n) is 4.47. The van der Waals surface area contributed by atoms with Crippen LogP contribution in [0.5, 0.6) is 0 Å². The lowest BCUT2D eigenvalue weighted by atomic mass is 10.1. The van der Waals surface area contributed by atoms with E-state index in [1.54, 1.807) is 0 Å². The van der Waals surface area contributed by atoms with Gasteiger partial charge in [0.1, 0.15) is 0 Å². The summed E-state index contributed by atoms with van der Waals surface area (Å²) in [5.74, 6) is 0. The number of aromatic amines is 3. The fourth-order valence-corrected chi connectivity index (χ4v) is 2.22. The number of para-hydroxylation sites is 1. The smallest absolute Gasteiger partial charge is 0.310 e. The normalized spacial score (nSPS) is 10.9. The molecule has 5 nitrogen and oxygen atoms in total. The summed E-state index contributed by atoms with van der Waals surface area (Å²) in [6.45, 7) is 0. The first-order valence-electron chi connectivity index (χ1n) is 6.10. The molecule has 0 spiro atoms. The van der Waals surface area contributed by atoms with Gasteiger partial charge in [0.05, 0.1) is 0 Å². The molecule has 0 aliphatic carbocycles. The zero-order chi connectivity index (χ0) is 13.2. The van der Waals surface area contributed by atoms with Crippen molar-refractivity contribution in [2.45, 2.75) is 12.8 Å². The van der Waals surface area contributed by atoms with Gasteiger partial charge >= 0.3 is 5.56 Å². The van der Waals surface area contributed by atoms with E-state index in [2.05, 4.69) is 27.3 Å². The van der Waals surface area contributed by atoms with Gasteiger partial charge in [-0.15, -0.1) is 0 Å². The molecular formula is C14H13N3O2. The van der Waals surface area contributed by atoms with Gasteiger partial charge in [-0.05, 0) is 29.9 Å². The van der Waals surface area contributed by atoms with Crippen molar-refractivity contribution in [3.63, 3.8) is 0 Å². The van der Waals surface area contributed by atoms with Gasteiger partial charge in [0, 0.05) is 23.5 Å². The summed E-state index contributed by atoms with van der Waals surface area (Å²) in [5.41, 5.74) is 1.92. The Labute approximate surface area is 108 Å². The van der Waals surface area contributed by atoms with E-state index in [0.717, 1.165) is 17.6 Å². The molecule has 0 aliphatic rings. The van der Waals surface area contributed by atoms with Crippen molar-refractivity contribution >= 4 is 10.9 Å². The number of hydrogen-bond acceptors (Lipinski definition) is 2. The molecule has 0 unspecified atom stereocenters. The van der Waals surface area contributed by atoms with Crippen molar-refractivity contribution in [3.8, 4) is 0 Å². The van der Waals surface area contributed by atoms with Gasteiger partial charge in [0.2, 0.25) is 5.43 Å². The number of benzene rings is 1. The third-order valence-electron chi connectivity index (χ3n) is 3.20. The molecule has 19 heavy (non-hydrogen) atoms. The predicted octanol–water partition coefficient (Wildman–Crippen LogP) is 1.33. The molecule has 0 bridgehead atoms. The third kappa shape index (κ3) is 2.22. The van der Waals surface area contributed by atoms with E-state index >= 15 is 0 Å². The van der Waals surface area contributed by atoms with Crippen LogP contribution >= 0.6 is 0 Å². The summed E-state index contributed by atoms with van der Waals surface area (Å²) in [7, 11) is 0. The molecular weight excluding hydrogens is 242 g/mol. The van der Waals surface area contributed by atoms with Crippen LogP contribution in [0.2, 0.25) is 0 Å². The predicted molar refractivity (Wildman–Crippen MR) is 73.4 cm³/mol. The molecule has 2 aromatic heterocycles. The highest BCUT2D eigenvalue weighted by Crippen LogP contribution is 2.18.